The van der Waals surface area contributed by atoms with E-state index in [0.29, 0.717) is 35.4 Å². The largest absolute Gasteiger partial charge is 0.470 e. The van der Waals surface area contributed by atoms with Crippen molar-refractivity contribution >= 4 is 16.4 Å². The summed E-state index contributed by atoms with van der Waals surface area (Å²) >= 11 is 0. The van der Waals surface area contributed by atoms with E-state index in [9.17, 15) is 0 Å². The number of rotatable bonds is 7. The maximum absolute atomic E-state index is 6.11. The Bertz CT molecular complexity index is 1370. The van der Waals surface area contributed by atoms with Gasteiger partial charge in [0.2, 0.25) is 11.7 Å². The van der Waals surface area contributed by atoms with Crippen LogP contribution in [-0.2, 0) is 13.0 Å². The summed E-state index contributed by atoms with van der Waals surface area (Å²) < 4.78 is 13.0. The second kappa shape index (κ2) is 8.35. The highest BCUT2D eigenvalue weighted by Gasteiger charge is 2.18. The lowest BCUT2D eigenvalue weighted by Crippen LogP contribution is -2.15. The summed E-state index contributed by atoms with van der Waals surface area (Å²) in [6, 6.07) is 13.7. The van der Waals surface area contributed by atoms with E-state index in [4.69, 9.17) is 9.26 Å². The van der Waals surface area contributed by atoms with Crippen molar-refractivity contribution in [3.63, 3.8) is 0 Å². The van der Waals surface area contributed by atoms with Gasteiger partial charge in [-0.15, -0.1) is 15.3 Å². The Morgan fingerprint density at radius 2 is 1.91 bits per heavy atom. The van der Waals surface area contributed by atoms with Gasteiger partial charge in [0.05, 0.1) is 5.69 Å². The number of likely N-dealkylation sites (N-methyl/N-ethyl adjacent to an activating group) is 1. The van der Waals surface area contributed by atoms with Crippen molar-refractivity contribution in [2.24, 2.45) is 0 Å². The fourth-order valence-corrected chi connectivity index (χ4v) is 3.47. The van der Waals surface area contributed by atoms with E-state index in [-0.39, 0.29) is 0 Å². The molecule has 0 radical (unpaired) electrons. The van der Waals surface area contributed by atoms with Crippen LogP contribution in [0.4, 0.5) is 0 Å². The molecule has 4 heterocycles. The molecule has 0 unspecified atom stereocenters. The summed E-state index contributed by atoms with van der Waals surface area (Å²) in [5.41, 5.74) is 3.23. The normalized spacial score (nSPS) is 11.6. The van der Waals surface area contributed by atoms with Crippen LogP contribution in [0.1, 0.15) is 17.0 Å². The van der Waals surface area contributed by atoms with Crippen LogP contribution in [0.25, 0.3) is 27.9 Å². The molecule has 1 aromatic carbocycles. The third kappa shape index (κ3) is 3.90. The summed E-state index contributed by atoms with van der Waals surface area (Å²) in [7, 11) is 4.13. The molecule has 0 fully saturated rings. The molecule has 0 aliphatic carbocycles. The topological polar surface area (TPSA) is 94.5 Å². The van der Waals surface area contributed by atoms with Gasteiger partial charge in [0.1, 0.15) is 12.4 Å². The molecule has 32 heavy (non-hydrogen) atoms. The number of aryl methyl sites for hydroxylation is 1. The zero-order valence-corrected chi connectivity index (χ0v) is 18.2. The minimum Gasteiger partial charge on any atom is -0.470 e. The Morgan fingerprint density at radius 1 is 1.06 bits per heavy atom. The number of nitrogens with zero attached hydrogens (tertiary/aromatic N) is 7. The molecule has 162 valence electrons. The molecule has 0 atom stereocenters. The smallest absolute Gasteiger partial charge is 0.240 e. The lowest BCUT2D eigenvalue weighted by molar-refractivity contribution is 0.289. The van der Waals surface area contributed by atoms with Gasteiger partial charge in [-0.2, -0.15) is 4.52 Å². The fraction of sp³-hybridized carbons (Fsp3) is 0.261. The van der Waals surface area contributed by atoms with E-state index in [1.165, 1.54) is 5.56 Å². The predicted molar refractivity (Wildman–Crippen MR) is 119 cm³/mol. The molecule has 0 spiro atoms. The van der Waals surface area contributed by atoms with Crippen LogP contribution in [0, 0.1) is 6.92 Å². The highest BCUT2D eigenvalue weighted by Crippen LogP contribution is 2.29. The second-order valence-electron chi connectivity index (χ2n) is 7.93. The van der Waals surface area contributed by atoms with E-state index in [0.717, 1.165) is 29.4 Å². The summed E-state index contributed by atoms with van der Waals surface area (Å²) in [6.45, 7) is 3.12. The van der Waals surface area contributed by atoms with Gasteiger partial charge in [0.15, 0.2) is 11.3 Å². The van der Waals surface area contributed by atoms with Crippen LogP contribution in [0.15, 0.2) is 53.2 Å². The van der Waals surface area contributed by atoms with Gasteiger partial charge in [-0.25, -0.2) is 0 Å². The van der Waals surface area contributed by atoms with Crippen LogP contribution in [0.2, 0.25) is 0 Å². The Kier molecular flexibility index (Phi) is 5.24. The van der Waals surface area contributed by atoms with Crippen molar-refractivity contribution in [1.29, 1.82) is 0 Å². The molecule has 0 amide bonds. The summed E-state index contributed by atoms with van der Waals surface area (Å²) in [5, 5.41) is 19.1. The average Bonchev–Trinajstić information content (AvgIpc) is 3.42. The number of hydrogen-bond donors (Lipinski definition) is 0. The SMILES string of the molecule is Cc1cc(-c2nnc3c4ccccc4c(OCc4ccc(CCN(C)C)cn4)nn23)no1. The Labute approximate surface area is 184 Å². The molecular formula is C23H23N7O2. The summed E-state index contributed by atoms with van der Waals surface area (Å²) in [4.78, 5) is 6.70. The molecule has 5 rings (SSSR count). The van der Waals surface area contributed by atoms with Gasteiger partial charge in [-0.3, -0.25) is 4.98 Å². The van der Waals surface area contributed by atoms with Gasteiger partial charge in [0.25, 0.3) is 0 Å². The predicted octanol–water partition coefficient (Wildman–Crippen LogP) is 3.32. The van der Waals surface area contributed by atoms with Gasteiger partial charge >= 0.3 is 0 Å². The van der Waals surface area contributed by atoms with E-state index in [2.05, 4.69) is 50.5 Å². The molecule has 0 aliphatic heterocycles. The third-order valence-corrected chi connectivity index (χ3v) is 5.18. The Balaban J connectivity index is 1.46. The lowest BCUT2D eigenvalue weighted by atomic mass is 10.2. The van der Waals surface area contributed by atoms with E-state index in [1.54, 1.807) is 10.6 Å². The number of fused-ring (bicyclic) bond motifs is 3. The quantitative estimate of drug-likeness (QED) is 0.389. The first kappa shape index (κ1) is 20.1. The average molecular weight is 429 g/mol. The number of hydrogen-bond acceptors (Lipinski definition) is 8. The summed E-state index contributed by atoms with van der Waals surface area (Å²) in [5.74, 6) is 1.66. The van der Waals surface area contributed by atoms with Crippen molar-refractivity contribution < 1.29 is 9.26 Å². The van der Waals surface area contributed by atoms with Crippen LogP contribution in [0.5, 0.6) is 5.88 Å². The first-order valence-corrected chi connectivity index (χ1v) is 10.4. The molecule has 9 nitrogen and oxygen atoms in total. The van der Waals surface area contributed by atoms with Crippen LogP contribution in [-0.4, -0.2) is 55.5 Å². The minimum atomic E-state index is 0.303. The molecule has 4 aromatic heterocycles. The molecule has 0 bridgehead atoms. The monoisotopic (exact) mass is 429 g/mol. The van der Waals surface area contributed by atoms with Crippen molar-refractivity contribution in [1.82, 2.24) is 34.9 Å². The van der Waals surface area contributed by atoms with Crippen LogP contribution in [0.3, 0.4) is 0 Å². The zero-order valence-electron chi connectivity index (χ0n) is 18.2. The number of aromatic nitrogens is 6. The van der Waals surface area contributed by atoms with Crippen LogP contribution < -0.4 is 4.74 Å². The van der Waals surface area contributed by atoms with Crippen molar-refractivity contribution in [2.45, 2.75) is 20.0 Å². The Hall–Kier alpha value is -3.85. The van der Waals surface area contributed by atoms with E-state index in [1.807, 2.05) is 43.5 Å². The molecule has 9 heteroatoms. The number of ether oxygens (including phenoxy) is 1. The van der Waals surface area contributed by atoms with Crippen molar-refractivity contribution in [3.8, 4) is 17.4 Å². The lowest BCUT2D eigenvalue weighted by Gasteiger charge is -2.11. The highest BCUT2D eigenvalue weighted by atomic mass is 16.5. The van der Waals surface area contributed by atoms with E-state index >= 15 is 0 Å². The van der Waals surface area contributed by atoms with Gasteiger partial charge in [-0.05, 0) is 45.1 Å². The molecule has 0 saturated carbocycles. The maximum Gasteiger partial charge on any atom is 0.240 e. The molecule has 0 aliphatic rings. The number of benzene rings is 1. The zero-order chi connectivity index (χ0) is 22.1. The maximum atomic E-state index is 6.11. The molecule has 5 aromatic rings. The summed E-state index contributed by atoms with van der Waals surface area (Å²) in [6.07, 6.45) is 2.86. The first-order chi connectivity index (χ1) is 15.6. The van der Waals surface area contributed by atoms with Crippen molar-refractivity contribution in [3.05, 3.63) is 65.7 Å². The minimum absolute atomic E-state index is 0.303. The highest BCUT2D eigenvalue weighted by molar-refractivity contribution is 5.96. The van der Waals surface area contributed by atoms with Crippen LogP contribution >= 0.6 is 0 Å². The molecular weight excluding hydrogens is 406 g/mol. The third-order valence-electron chi connectivity index (χ3n) is 5.18. The van der Waals surface area contributed by atoms with Gasteiger partial charge in [0, 0.05) is 29.6 Å². The van der Waals surface area contributed by atoms with E-state index < -0.39 is 0 Å². The number of pyridine rings is 1. The Morgan fingerprint density at radius 3 is 2.62 bits per heavy atom. The fourth-order valence-electron chi connectivity index (χ4n) is 3.47. The first-order valence-electron chi connectivity index (χ1n) is 10.4. The van der Waals surface area contributed by atoms with Crippen molar-refractivity contribution in [2.75, 3.05) is 20.6 Å². The van der Waals surface area contributed by atoms with Gasteiger partial charge < -0.3 is 14.2 Å². The second-order valence-corrected chi connectivity index (χ2v) is 7.93. The standard InChI is InChI=1S/C23H23N7O2/c1-15-12-20(28-32-15)22-26-25-21-18-6-4-5-7-19(18)23(27-30(21)22)31-14-17-9-8-16(13-24-17)10-11-29(2)3/h4-9,12-13H,10-11,14H2,1-3H3. The molecule has 0 N–H and O–H groups in total. The van der Waals surface area contributed by atoms with Gasteiger partial charge in [-0.1, -0.05) is 29.4 Å². The molecule has 0 saturated heterocycles.